The highest BCUT2D eigenvalue weighted by atomic mass is 32.2. The lowest BCUT2D eigenvalue weighted by molar-refractivity contribution is -0.115. The van der Waals surface area contributed by atoms with Crippen LogP contribution in [0.25, 0.3) is 0 Å². The highest BCUT2D eigenvalue weighted by molar-refractivity contribution is 7.99. The standard InChI is InChI=1S/C23H25N3O3S/c1-16(2)30-20-9-7-17(8-10-20)11-23(27)25-18-12-24-26(13-18)14-19-15-28-21-5-3-4-6-22(21)29-19/h3-10,12-13,16,19H,11,14-15H2,1-2H3,(H,25,27). The molecule has 30 heavy (non-hydrogen) atoms. The molecule has 1 unspecified atom stereocenters. The fourth-order valence-electron chi connectivity index (χ4n) is 3.24. The first-order chi connectivity index (χ1) is 14.5. The molecule has 1 atom stereocenters. The van der Waals surface area contributed by atoms with Gasteiger partial charge in [-0.15, -0.1) is 11.8 Å². The number of para-hydroxylation sites is 2. The Morgan fingerprint density at radius 3 is 2.73 bits per heavy atom. The van der Waals surface area contributed by atoms with E-state index in [9.17, 15) is 4.79 Å². The number of hydrogen-bond acceptors (Lipinski definition) is 5. The molecular formula is C23H25N3O3S. The van der Waals surface area contributed by atoms with Crippen LogP contribution < -0.4 is 14.8 Å². The average Bonchev–Trinajstić information content (AvgIpc) is 3.15. The number of amides is 1. The Morgan fingerprint density at radius 1 is 1.20 bits per heavy atom. The minimum Gasteiger partial charge on any atom is -0.486 e. The number of benzene rings is 2. The summed E-state index contributed by atoms with van der Waals surface area (Å²) in [7, 11) is 0. The molecule has 1 aliphatic rings. The maximum absolute atomic E-state index is 12.4. The minimum atomic E-state index is -0.134. The number of nitrogens with one attached hydrogen (secondary N) is 1. The molecule has 1 amide bonds. The molecule has 0 saturated heterocycles. The Kier molecular flexibility index (Phi) is 6.28. The van der Waals surface area contributed by atoms with Gasteiger partial charge < -0.3 is 14.8 Å². The number of hydrogen-bond donors (Lipinski definition) is 1. The molecule has 156 valence electrons. The number of anilines is 1. The summed E-state index contributed by atoms with van der Waals surface area (Å²) >= 11 is 1.81. The lowest BCUT2D eigenvalue weighted by Crippen LogP contribution is -2.33. The van der Waals surface area contributed by atoms with Gasteiger partial charge in [-0.2, -0.15) is 5.10 Å². The molecule has 7 heteroatoms. The van der Waals surface area contributed by atoms with Gasteiger partial charge in [0.05, 0.1) is 24.8 Å². The van der Waals surface area contributed by atoms with Crippen molar-refractivity contribution in [2.24, 2.45) is 0 Å². The van der Waals surface area contributed by atoms with Crippen molar-refractivity contribution in [3.05, 3.63) is 66.5 Å². The number of aromatic nitrogens is 2. The zero-order valence-corrected chi connectivity index (χ0v) is 17.9. The van der Waals surface area contributed by atoms with Crippen molar-refractivity contribution in [1.29, 1.82) is 0 Å². The van der Waals surface area contributed by atoms with Gasteiger partial charge in [0.25, 0.3) is 0 Å². The van der Waals surface area contributed by atoms with E-state index in [0.29, 0.717) is 30.5 Å². The summed E-state index contributed by atoms with van der Waals surface area (Å²) in [6.07, 6.45) is 3.65. The average molecular weight is 424 g/mol. The lowest BCUT2D eigenvalue weighted by atomic mass is 10.1. The first kappa shape index (κ1) is 20.3. The van der Waals surface area contributed by atoms with Gasteiger partial charge >= 0.3 is 0 Å². The SMILES string of the molecule is CC(C)Sc1ccc(CC(=O)Nc2cnn(CC3COc4ccccc4O3)c2)cc1. The van der Waals surface area contributed by atoms with Crippen LogP contribution in [0.5, 0.6) is 11.5 Å². The van der Waals surface area contributed by atoms with Crippen molar-refractivity contribution in [3.8, 4) is 11.5 Å². The van der Waals surface area contributed by atoms with Crippen LogP contribution in [-0.2, 0) is 17.8 Å². The summed E-state index contributed by atoms with van der Waals surface area (Å²) in [5.41, 5.74) is 1.66. The third kappa shape index (κ3) is 5.36. The Morgan fingerprint density at radius 2 is 1.97 bits per heavy atom. The first-order valence-electron chi connectivity index (χ1n) is 10.0. The normalized spacial score (nSPS) is 15.2. The molecule has 2 aromatic carbocycles. The van der Waals surface area contributed by atoms with E-state index in [2.05, 4.69) is 36.4 Å². The topological polar surface area (TPSA) is 65.4 Å². The van der Waals surface area contributed by atoms with E-state index in [1.165, 1.54) is 4.90 Å². The molecule has 4 rings (SSSR count). The number of ether oxygens (including phenoxy) is 2. The molecule has 0 bridgehead atoms. The molecule has 1 aliphatic heterocycles. The van der Waals surface area contributed by atoms with E-state index >= 15 is 0 Å². The highest BCUT2D eigenvalue weighted by Gasteiger charge is 2.21. The van der Waals surface area contributed by atoms with Gasteiger partial charge in [0.15, 0.2) is 17.6 Å². The van der Waals surface area contributed by atoms with Crippen LogP contribution in [0.1, 0.15) is 19.4 Å². The predicted molar refractivity (Wildman–Crippen MR) is 118 cm³/mol. The van der Waals surface area contributed by atoms with Crippen LogP contribution in [0, 0.1) is 0 Å². The Balaban J connectivity index is 1.28. The smallest absolute Gasteiger partial charge is 0.228 e. The fraction of sp³-hybridized carbons (Fsp3) is 0.304. The molecule has 0 fully saturated rings. The van der Waals surface area contributed by atoms with Gasteiger partial charge in [-0.05, 0) is 29.8 Å². The van der Waals surface area contributed by atoms with Crippen molar-refractivity contribution in [3.63, 3.8) is 0 Å². The molecule has 1 aromatic heterocycles. The molecule has 0 aliphatic carbocycles. The molecule has 6 nitrogen and oxygen atoms in total. The van der Waals surface area contributed by atoms with Gasteiger partial charge in [-0.25, -0.2) is 0 Å². The van der Waals surface area contributed by atoms with Crippen LogP contribution >= 0.6 is 11.8 Å². The summed E-state index contributed by atoms with van der Waals surface area (Å²) in [5, 5.41) is 7.78. The van der Waals surface area contributed by atoms with Crippen molar-refractivity contribution >= 4 is 23.4 Å². The predicted octanol–water partition coefficient (Wildman–Crippen LogP) is 4.40. The molecule has 0 saturated carbocycles. The van der Waals surface area contributed by atoms with Gasteiger partial charge in [0, 0.05) is 16.3 Å². The molecule has 3 aromatic rings. The van der Waals surface area contributed by atoms with Crippen molar-refractivity contribution in [2.75, 3.05) is 11.9 Å². The molecule has 0 radical (unpaired) electrons. The quantitative estimate of drug-likeness (QED) is 0.571. The van der Waals surface area contributed by atoms with Crippen molar-refractivity contribution in [1.82, 2.24) is 9.78 Å². The number of nitrogens with zero attached hydrogens (tertiary/aromatic N) is 2. The number of thioether (sulfide) groups is 1. The van der Waals surface area contributed by atoms with E-state index in [4.69, 9.17) is 9.47 Å². The molecule has 0 spiro atoms. The van der Waals surface area contributed by atoms with Crippen LogP contribution in [0.3, 0.4) is 0 Å². The van der Waals surface area contributed by atoms with E-state index in [1.54, 1.807) is 10.9 Å². The summed E-state index contributed by atoms with van der Waals surface area (Å²) in [4.78, 5) is 13.6. The van der Waals surface area contributed by atoms with Crippen LogP contribution in [0.15, 0.2) is 65.8 Å². The highest BCUT2D eigenvalue weighted by Crippen LogP contribution is 2.31. The molecule has 2 heterocycles. The summed E-state index contributed by atoms with van der Waals surface area (Å²) in [6.45, 7) is 5.33. The van der Waals surface area contributed by atoms with E-state index < -0.39 is 0 Å². The van der Waals surface area contributed by atoms with Crippen molar-refractivity contribution in [2.45, 2.75) is 43.1 Å². The van der Waals surface area contributed by atoms with Gasteiger partial charge in [-0.1, -0.05) is 38.1 Å². The number of rotatable bonds is 7. The third-order valence-corrected chi connectivity index (χ3v) is 5.55. The zero-order valence-electron chi connectivity index (χ0n) is 17.1. The Hall–Kier alpha value is -2.93. The fourth-order valence-corrected chi connectivity index (χ4v) is 4.08. The number of carbonyl (C=O) groups excluding carboxylic acids is 1. The largest absolute Gasteiger partial charge is 0.486 e. The monoisotopic (exact) mass is 423 g/mol. The summed E-state index contributed by atoms with van der Waals surface area (Å²) in [6, 6.07) is 15.8. The summed E-state index contributed by atoms with van der Waals surface area (Å²) in [5.74, 6) is 1.44. The second-order valence-electron chi connectivity index (χ2n) is 7.48. The lowest BCUT2D eigenvalue weighted by Gasteiger charge is -2.26. The number of fused-ring (bicyclic) bond motifs is 1. The van der Waals surface area contributed by atoms with E-state index in [-0.39, 0.29) is 12.0 Å². The van der Waals surface area contributed by atoms with Crippen LogP contribution in [0.4, 0.5) is 5.69 Å². The van der Waals surface area contributed by atoms with E-state index in [0.717, 1.165) is 17.1 Å². The second kappa shape index (κ2) is 9.26. The van der Waals surface area contributed by atoms with Gasteiger partial charge in [-0.3, -0.25) is 9.48 Å². The van der Waals surface area contributed by atoms with Gasteiger partial charge in [0.1, 0.15) is 6.61 Å². The second-order valence-corrected chi connectivity index (χ2v) is 9.13. The first-order valence-corrected chi connectivity index (χ1v) is 10.9. The minimum absolute atomic E-state index is 0.0648. The maximum atomic E-state index is 12.4. The molecule has 1 N–H and O–H groups in total. The van der Waals surface area contributed by atoms with Crippen molar-refractivity contribution < 1.29 is 14.3 Å². The third-order valence-electron chi connectivity index (χ3n) is 4.54. The summed E-state index contributed by atoms with van der Waals surface area (Å²) < 4.78 is 13.5. The number of carbonyl (C=O) groups is 1. The Bertz CT molecular complexity index is 1000. The van der Waals surface area contributed by atoms with Crippen LogP contribution in [-0.4, -0.2) is 33.6 Å². The molecular weight excluding hydrogens is 398 g/mol. The zero-order chi connectivity index (χ0) is 20.9. The Labute approximate surface area is 180 Å². The van der Waals surface area contributed by atoms with Crippen LogP contribution in [0.2, 0.25) is 0 Å². The van der Waals surface area contributed by atoms with Gasteiger partial charge in [0.2, 0.25) is 5.91 Å². The van der Waals surface area contributed by atoms with E-state index in [1.807, 2.05) is 54.4 Å². The maximum Gasteiger partial charge on any atom is 0.228 e.